The number of aliphatic hydroxyl groups is 1. The first-order chi connectivity index (χ1) is 9.10. The highest BCUT2D eigenvalue weighted by Gasteiger charge is 2.43. The maximum atomic E-state index is 12.7. The zero-order valence-corrected chi connectivity index (χ0v) is 12.4. The number of aliphatic hydroxyl groups excluding tert-OH is 1. The first kappa shape index (κ1) is 13.1. The topological polar surface area (TPSA) is 40.5 Å². The van der Waals surface area contributed by atoms with Crippen LogP contribution in [0, 0.1) is 6.92 Å². The lowest BCUT2D eigenvalue weighted by Gasteiger charge is -2.36. The van der Waals surface area contributed by atoms with Crippen molar-refractivity contribution in [2.24, 2.45) is 0 Å². The molecule has 3 nitrogen and oxygen atoms in total. The van der Waals surface area contributed by atoms with E-state index in [2.05, 4.69) is 18.7 Å². The van der Waals surface area contributed by atoms with Gasteiger partial charge in [-0.1, -0.05) is 6.92 Å². The number of carbonyl (C=O) groups is 1. The third-order valence-corrected chi connectivity index (χ3v) is 5.86. The molecule has 0 aliphatic carbocycles. The Morgan fingerprint density at radius 3 is 2.58 bits per heavy atom. The van der Waals surface area contributed by atoms with Crippen LogP contribution in [0.5, 0.6) is 0 Å². The quantitative estimate of drug-likeness (QED) is 0.904. The van der Waals surface area contributed by atoms with Crippen molar-refractivity contribution < 1.29 is 9.90 Å². The van der Waals surface area contributed by atoms with Gasteiger partial charge < -0.3 is 10.0 Å². The zero-order chi connectivity index (χ0) is 13.6. The lowest BCUT2D eigenvalue weighted by atomic mass is 9.99. The number of piperidine rings is 1. The lowest BCUT2D eigenvalue weighted by Crippen LogP contribution is -2.47. The highest BCUT2D eigenvalue weighted by molar-refractivity contribution is 7.14. The summed E-state index contributed by atoms with van der Waals surface area (Å²) in [4.78, 5) is 16.9. The molecular formula is C15H21NO2S. The van der Waals surface area contributed by atoms with Gasteiger partial charge in [-0.25, -0.2) is 0 Å². The Hall–Kier alpha value is -0.870. The maximum Gasteiger partial charge on any atom is 0.264 e. The summed E-state index contributed by atoms with van der Waals surface area (Å²) in [5.74, 6) is 0.187. The largest absolute Gasteiger partial charge is 0.393 e. The summed E-state index contributed by atoms with van der Waals surface area (Å²) in [5.41, 5.74) is 1.24. The van der Waals surface area contributed by atoms with E-state index in [1.807, 2.05) is 6.07 Å². The van der Waals surface area contributed by atoms with E-state index in [4.69, 9.17) is 0 Å². The fourth-order valence-corrected chi connectivity index (χ4v) is 4.64. The summed E-state index contributed by atoms with van der Waals surface area (Å²) in [6.45, 7) is 4.22. The number of hydrogen-bond acceptors (Lipinski definition) is 3. The van der Waals surface area contributed by atoms with Crippen LogP contribution in [0.1, 0.15) is 52.7 Å². The van der Waals surface area contributed by atoms with Crippen LogP contribution in [-0.4, -0.2) is 34.1 Å². The Morgan fingerprint density at radius 2 is 2.05 bits per heavy atom. The molecule has 0 saturated carbocycles. The molecule has 19 heavy (non-hydrogen) atoms. The fourth-order valence-electron chi connectivity index (χ4n) is 3.58. The van der Waals surface area contributed by atoms with Crippen molar-refractivity contribution >= 4 is 17.2 Å². The molecule has 2 saturated heterocycles. The van der Waals surface area contributed by atoms with Crippen molar-refractivity contribution in [1.82, 2.24) is 4.90 Å². The summed E-state index contributed by atoms with van der Waals surface area (Å²) in [5, 5.41) is 9.81. The molecule has 1 aromatic rings. The normalized spacial score (nSPS) is 29.8. The molecule has 1 N–H and O–H groups in total. The third-order valence-electron chi connectivity index (χ3n) is 4.50. The number of rotatable bonds is 2. The number of thiophene rings is 1. The van der Waals surface area contributed by atoms with E-state index in [9.17, 15) is 9.90 Å². The minimum absolute atomic E-state index is 0.187. The maximum absolute atomic E-state index is 12.7. The van der Waals surface area contributed by atoms with Gasteiger partial charge in [0.1, 0.15) is 0 Å². The molecule has 1 amide bonds. The van der Waals surface area contributed by atoms with Crippen LogP contribution in [0.2, 0.25) is 0 Å². The van der Waals surface area contributed by atoms with Gasteiger partial charge in [0.2, 0.25) is 0 Å². The van der Waals surface area contributed by atoms with Gasteiger partial charge in [-0.3, -0.25) is 4.79 Å². The van der Waals surface area contributed by atoms with Gasteiger partial charge in [0.15, 0.2) is 0 Å². The van der Waals surface area contributed by atoms with Crippen LogP contribution < -0.4 is 0 Å². The molecule has 2 aliphatic heterocycles. The summed E-state index contributed by atoms with van der Waals surface area (Å²) in [6, 6.07) is 2.55. The van der Waals surface area contributed by atoms with Gasteiger partial charge in [0.05, 0.1) is 11.0 Å². The minimum atomic E-state index is -0.210. The average molecular weight is 279 g/mol. The van der Waals surface area contributed by atoms with E-state index in [0.29, 0.717) is 0 Å². The van der Waals surface area contributed by atoms with Gasteiger partial charge in [-0.15, -0.1) is 11.3 Å². The van der Waals surface area contributed by atoms with Gasteiger partial charge in [0, 0.05) is 17.0 Å². The molecular weight excluding hydrogens is 258 g/mol. The van der Waals surface area contributed by atoms with Crippen LogP contribution in [0.25, 0.3) is 0 Å². The van der Waals surface area contributed by atoms with E-state index in [1.165, 1.54) is 10.4 Å². The van der Waals surface area contributed by atoms with E-state index < -0.39 is 0 Å². The second-order valence-corrected chi connectivity index (χ2v) is 6.93. The van der Waals surface area contributed by atoms with Gasteiger partial charge in [0.25, 0.3) is 5.91 Å². The third kappa shape index (κ3) is 2.21. The minimum Gasteiger partial charge on any atom is -0.393 e. The highest BCUT2D eigenvalue weighted by Crippen LogP contribution is 2.37. The second-order valence-electron chi connectivity index (χ2n) is 5.79. The molecule has 3 rings (SSSR count). The number of fused-ring (bicyclic) bond motifs is 2. The molecule has 3 heterocycles. The van der Waals surface area contributed by atoms with Gasteiger partial charge in [-0.2, -0.15) is 0 Å². The first-order valence-corrected chi connectivity index (χ1v) is 8.01. The summed E-state index contributed by atoms with van der Waals surface area (Å²) >= 11 is 1.64. The van der Waals surface area contributed by atoms with E-state index in [-0.39, 0.29) is 24.1 Å². The Bertz CT molecular complexity index is 482. The molecule has 0 radical (unpaired) electrons. The van der Waals surface area contributed by atoms with Crippen molar-refractivity contribution in [3.8, 4) is 0 Å². The van der Waals surface area contributed by atoms with E-state index in [0.717, 1.165) is 37.0 Å². The van der Waals surface area contributed by atoms with Crippen molar-refractivity contribution in [1.29, 1.82) is 0 Å². The van der Waals surface area contributed by atoms with Crippen molar-refractivity contribution in [2.75, 3.05) is 0 Å². The molecule has 1 aromatic heterocycles. The molecule has 2 bridgehead atoms. The molecule has 2 unspecified atom stereocenters. The second kappa shape index (κ2) is 4.91. The van der Waals surface area contributed by atoms with Crippen LogP contribution in [0.15, 0.2) is 6.07 Å². The molecule has 104 valence electrons. The highest BCUT2D eigenvalue weighted by atomic mass is 32.1. The number of amides is 1. The van der Waals surface area contributed by atoms with Gasteiger partial charge >= 0.3 is 0 Å². The molecule has 2 aliphatic rings. The summed E-state index contributed by atoms with van der Waals surface area (Å²) in [7, 11) is 0. The molecule has 0 aromatic carbocycles. The summed E-state index contributed by atoms with van der Waals surface area (Å²) < 4.78 is 0. The first-order valence-electron chi connectivity index (χ1n) is 7.20. The number of carbonyl (C=O) groups excluding carboxylic acids is 1. The van der Waals surface area contributed by atoms with Gasteiger partial charge in [-0.05, 0) is 50.7 Å². The SMILES string of the molecule is CCc1sc(C(=O)N2C3CCC2CC(O)C3)cc1C. The molecule has 2 atom stereocenters. The van der Waals surface area contributed by atoms with Crippen molar-refractivity contribution in [3.63, 3.8) is 0 Å². The Balaban J connectivity index is 1.84. The summed E-state index contributed by atoms with van der Waals surface area (Å²) in [6.07, 6.45) is 4.41. The number of nitrogens with zero attached hydrogens (tertiary/aromatic N) is 1. The van der Waals surface area contributed by atoms with Crippen LogP contribution in [-0.2, 0) is 6.42 Å². The predicted molar refractivity (Wildman–Crippen MR) is 76.7 cm³/mol. The Kier molecular flexibility index (Phi) is 3.39. The fraction of sp³-hybridized carbons (Fsp3) is 0.667. The van der Waals surface area contributed by atoms with Crippen LogP contribution >= 0.6 is 11.3 Å². The Labute approximate surface area is 118 Å². The Morgan fingerprint density at radius 1 is 1.42 bits per heavy atom. The van der Waals surface area contributed by atoms with E-state index >= 15 is 0 Å². The molecule has 2 fully saturated rings. The van der Waals surface area contributed by atoms with Crippen molar-refractivity contribution in [2.45, 2.75) is 64.1 Å². The molecule has 4 heteroatoms. The smallest absolute Gasteiger partial charge is 0.264 e. The predicted octanol–water partition coefficient (Wildman–Crippen LogP) is 2.75. The zero-order valence-electron chi connectivity index (χ0n) is 11.6. The molecule has 0 spiro atoms. The standard InChI is InChI=1S/C15H21NO2S/c1-3-13-9(2)6-14(19-13)15(18)16-10-4-5-11(16)8-12(17)7-10/h6,10-12,17H,3-5,7-8H2,1-2H3. The monoisotopic (exact) mass is 279 g/mol. The lowest BCUT2D eigenvalue weighted by molar-refractivity contribution is 0.0290. The average Bonchev–Trinajstić information content (AvgIpc) is 2.87. The van der Waals surface area contributed by atoms with E-state index in [1.54, 1.807) is 11.3 Å². The van der Waals surface area contributed by atoms with Crippen molar-refractivity contribution in [3.05, 3.63) is 21.4 Å². The number of hydrogen-bond donors (Lipinski definition) is 1. The van der Waals surface area contributed by atoms with Crippen LogP contribution in [0.3, 0.4) is 0 Å². The number of aryl methyl sites for hydroxylation is 2. The van der Waals surface area contributed by atoms with Crippen LogP contribution in [0.4, 0.5) is 0 Å².